The van der Waals surface area contributed by atoms with Gasteiger partial charge in [0.15, 0.2) is 5.82 Å². The number of carbonyl (C=O) groups excluding carboxylic acids is 1. The second-order valence-electron chi connectivity index (χ2n) is 9.99. The average Bonchev–Trinajstić information content (AvgIpc) is 3.20. The van der Waals surface area contributed by atoms with Crippen LogP contribution in [0.4, 0.5) is 17.6 Å². The largest absolute Gasteiger partial charge is 0.382 e. The zero-order chi connectivity index (χ0) is 23.8. The van der Waals surface area contributed by atoms with E-state index in [4.69, 9.17) is 11.5 Å². The van der Waals surface area contributed by atoms with Gasteiger partial charge in [0.2, 0.25) is 11.9 Å². The number of hydrogen-bond donors (Lipinski definition) is 4. The monoisotopic (exact) mass is 462 g/mol. The summed E-state index contributed by atoms with van der Waals surface area (Å²) in [5.74, 6) is 2.09. The molecule has 3 heterocycles. The molecule has 9 heteroatoms. The third-order valence-electron chi connectivity index (χ3n) is 7.60. The lowest BCUT2D eigenvalue weighted by molar-refractivity contribution is -0.126. The first-order valence-corrected chi connectivity index (χ1v) is 12.3. The van der Waals surface area contributed by atoms with Gasteiger partial charge < -0.3 is 21.7 Å². The van der Waals surface area contributed by atoms with E-state index in [0.717, 1.165) is 47.2 Å². The van der Waals surface area contributed by atoms with Gasteiger partial charge in [-0.15, -0.1) is 0 Å². The van der Waals surface area contributed by atoms with Crippen LogP contribution in [0.2, 0.25) is 0 Å². The molecular formula is C25H34N8O. The second kappa shape index (κ2) is 9.12. The Bertz CT molecular complexity index is 1190. The summed E-state index contributed by atoms with van der Waals surface area (Å²) in [6.45, 7) is 5.05. The van der Waals surface area contributed by atoms with Gasteiger partial charge in [-0.3, -0.25) is 9.89 Å². The highest BCUT2D eigenvalue weighted by atomic mass is 16.2. The van der Waals surface area contributed by atoms with Crippen LogP contribution in [0.25, 0.3) is 22.2 Å². The maximum atomic E-state index is 13.2. The number of anilines is 3. The van der Waals surface area contributed by atoms with Crippen LogP contribution < -0.4 is 21.7 Å². The summed E-state index contributed by atoms with van der Waals surface area (Å²) in [6, 6.07) is 8.36. The van der Waals surface area contributed by atoms with Gasteiger partial charge in [-0.05, 0) is 50.7 Å². The molecule has 1 saturated carbocycles. The molecule has 0 spiro atoms. The minimum Gasteiger partial charge on any atom is -0.382 e. The molecule has 1 aromatic carbocycles. The lowest BCUT2D eigenvalue weighted by Crippen LogP contribution is -2.50. The molecule has 2 aromatic heterocycles. The minimum absolute atomic E-state index is 0.0608. The number of fused-ring (bicyclic) bond motifs is 1. The average molecular weight is 463 g/mol. The van der Waals surface area contributed by atoms with E-state index in [2.05, 4.69) is 44.2 Å². The van der Waals surface area contributed by atoms with Crippen molar-refractivity contribution in [2.24, 2.45) is 11.8 Å². The van der Waals surface area contributed by atoms with Crippen molar-refractivity contribution in [3.63, 3.8) is 0 Å². The quantitative estimate of drug-likeness (QED) is 0.465. The summed E-state index contributed by atoms with van der Waals surface area (Å²) in [5.41, 5.74) is 14.5. The van der Waals surface area contributed by atoms with Crippen LogP contribution in [0.5, 0.6) is 0 Å². The highest BCUT2D eigenvalue weighted by Crippen LogP contribution is 2.32. The second-order valence-corrected chi connectivity index (χ2v) is 9.99. The molecule has 9 nitrogen and oxygen atoms in total. The van der Waals surface area contributed by atoms with Gasteiger partial charge in [-0.25, -0.2) is 4.98 Å². The van der Waals surface area contributed by atoms with E-state index in [1.807, 2.05) is 24.3 Å². The fourth-order valence-electron chi connectivity index (χ4n) is 5.42. The van der Waals surface area contributed by atoms with Gasteiger partial charge in [0.1, 0.15) is 5.82 Å². The molecule has 3 aromatic rings. The lowest BCUT2D eigenvalue weighted by atomic mass is 9.85. The lowest BCUT2D eigenvalue weighted by Gasteiger charge is -2.39. The first-order chi connectivity index (χ1) is 16.4. The predicted molar refractivity (Wildman–Crippen MR) is 135 cm³/mol. The molecule has 2 fully saturated rings. The summed E-state index contributed by atoms with van der Waals surface area (Å²) >= 11 is 0. The number of nitrogens with one attached hydrogen (secondary N) is 2. The number of aromatic nitrogens is 4. The van der Waals surface area contributed by atoms with Gasteiger partial charge in [-0.1, -0.05) is 25.8 Å². The molecule has 180 valence electrons. The van der Waals surface area contributed by atoms with Crippen molar-refractivity contribution in [3.05, 3.63) is 24.3 Å². The van der Waals surface area contributed by atoms with E-state index in [9.17, 15) is 4.79 Å². The topological polar surface area (TPSA) is 139 Å². The van der Waals surface area contributed by atoms with Gasteiger partial charge in [-0.2, -0.15) is 10.1 Å². The molecule has 1 saturated heterocycles. The van der Waals surface area contributed by atoms with Crippen LogP contribution in [0.1, 0.15) is 52.4 Å². The van der Waals surface area contributed by atoms with Crippen LogP contribution in [0.15, 0.2) is 24.3 Å². The van der Waals surface area contributed by atoms with Crippen molar-refractivity contribution < 1.29 is 4.79 Å². The number of benzene rings is 1. The third-order valence-corrected chi connectivity index (χ3v) is 7.60. The zero-order valence-corrected chi connectivity index (χ0v) is 19.9. The van der Waals surface area contributed by atoms with Crippen LogP contribution in [0.3, 0.4) is 0 Å². The number of nitrogen functional groups attached to an aromatic ring is 2. The normalized spacial score (nSPS) is 25.4. The van der Waals surface area contributed by atoms with E-state index in [0.29, 0.717) is 24.3 Å². The molecule has 1 amide bonds. The Morgan fingerprint density at radius 3 is 2.74 bits per heavy atom. The predicted octanol–water partition coefficient (Wildman–Crippen LogP) is 3.48. The van der Waals surface area contributed by atoms with Gasteiger partial charge >= 0.3 is 0 Å². The highest BCUT2D eigenvalue weighted by Gasteiger charge is 2.33. The van der Waals surface area contributed by atoms with Crippen molar-refractivity contribution in [1.82, 2.24) is 25.5 Å². The van der Waals surface area contributed by atoms with Gasteiger partial charge in [0.05, 0.1) is 17.1 Å². The molecular weight excluding hydrogens is 428 g/mol. The highest BCUT2D eigenvalue weighted by molar-refractivity contribution is 5.91. The van der Waals surface area contributed by atoms with Crippen molar-refractivity contribution >= 4 is 34.4 Å². The molecule has 2 unspecified atom stereocenters. The summed E-state index contributed by atoms with van der Waals surface area (Å²) in [4.78, 5) is 24.4. The summed E-state index contributed by atoms with van der Waals surface area (Å²) in [7, 11) is 0. The van der Waals surface area contributed by atoms with Crippen LogP contribution in [0, 0.1) is 11.8 Å². The smallest absolute Gasteiger partial charge is 0.225 e. The molecule has 0 bridgehead atoms. The van der Waals surface area contributed by atoms with Crippen molar-refractivity contribution in [1.29, 1.82) is 0 Å². The number of H-pyrrole nitrogens is 1. The fourth-order valence-corrected chi connectivity index (χ4v) is 5.42. The van der Waals surface area contributed by atoms with Crippen LogP contribution >= 0.6 is 0 Å². The van der Waals surface area contributed by atoms with Gasteiger partial charge in [0.25, 0.3) is 0 Å². The van der Waals surface area contributed by atoms with E-state index >= 15 is 0 Å². The SMILES string of the molecule is CC1CCCCC1NC(=O)[C@H]1CC[C@@H](C)N(c2cc(-c3ccc4c(N)n[nH]c4c3)nc(N)n2)C1. The first kappa shape index (κ1) is 22.4. The minimum atomic E-state index is -0.0608. The molecule has 2 aliphatic rings. The van der Waals surface area contributed by atoms with Gasteiger partial charge in [0, 0.05) is 35.6 Å². The maximum absolute atomic E-state index is 13.2. The van der Waals surface area contributed by atoms with Crippen LogP contribution in [-0.4, -0.2) is 44.7 Å². The molecule has 0 radical (unpaired) electrons. The molecule has 34 heavy (non-hydrogen) atoms. The Morgan fingerprint density at radius 2 is 1.91 bits per heavy atom. The number of amides is 1. The first-order valence-electron chi connectivity index (χ1n) is 12.3. The van der Waals surface area contributed by atoms with E-state index in [-0.39, 0.29) is 23.8 Å². The van der Waals surface area contributed by atoms with E-state index in [1.54, 1.807) is 0 Å². The van der Waals surface area contributed by atoms with Crippen molar-refractivity contribution in [2.45, 2.75) is 64.5 Å². The number of rotatable bonds is 4. The fraction of sp³-hybridized carbons (Fsp3) is 0.520. The Labute approximate surface area is 199 Å². The van der Waals surface area contributed by atoms with Crippen molar-refractivity contribution in [3.8, 4) is 11.3 Å². The number of carbonyl (C=O) groups is 1. The molecule has 4 atom stereocenters. The summed E-state index contributed by atoms with van der Waals surface area (Å²) in [6.07, 6.45) is 6.55. The number of nitrogens with two attached hydrogens (primary N) is 2. The van der Waals surface area contributed by atoms with Crippen molar-refractivity contribution in [2.75, 3.05) is 22.9 Å². The van der Waals surface area contributed by atoms with E-state index in [1.165, 1.54) is 19.3 Å². The summed E-state index contributed by atoms with van der Waals surface area (Å²) in [5, 5.41) is 11.2. The molecule has 1 aliphatic carbocycles. The van der Waals surface area contributed by atoms with E-state index < -0.39 is 0 Å². The number of piperidine rings is 1. The number of nitrogens with zero attached hydrogens (tertiary/aromatic N) is 4. The van der Waals surface area contributed by atoms with Crippen LogP contribution in [-0.2, 0) is 4.79 Å². The summed E-state index contributed by atoms with van der Waals surface area (Å²) < 4.78 is 0. The molecule has 1 aliphatic heterocycles. The number of hydrogen-bond acceptors (Lipinski definition) is 7. The zero-order valence-electron chi connectivity index (χ0n) is 19.9. The maximum Gasteiger partial charge on any atom is 0.225 e. The Kier molecular flexibility index (Phi) is 6.02. The number of aromatic amines is 1. The Hall–Kier alpha value is -3.36. The molecule has 5 rings (SSSR count). The Balaban J connectivity index is 1.37. The third kappa shape index (κ3) is 4.38. The standard InChI is InChI=1S/C25H34N8O/c1-14-5-3-4-6-19(14)28-24(34)17-8-7-15(2)33(13-17)22-12-20(29-25(27)30-22)16-9-10-18-21(11-16)31-32-23(18)26/h9-12,14-15,17,19H,3-8,13H2,1-2H3,(H,28,34)(H3,26,31,32)(H2,27,29,30)/t14?,15-,17+,19?/m1/s1. The Morgan fingerprint density at radius 1 is 1.09 bits per heavy atom. The molecule has 6 N–H and O–H groups in total.